The Labute approximate surface area is 127 Å². The summed E-state index contributed by atoms with van der Waals surface area (Å²) in [5.74, 6) is 2.26. The molecule has 5 nitrogen and oxygen atoms in total. The minimum absolute atomic E-state index is 0.136. The molecule has 3 rings (SSSR count). The first-order chi connectivity index (χ1) is 10.1. The molecule has 1 N–H and O–H groups in total. The molecule has 0 spiro atoms. The largest absolute Gasteiger partial charge is 0.475 e. The third kappa shape index (κ3) is 3.46. The molecule has 0 amide bonds. The lowest BCUT2D eigenvalue weighted by atomic mass is 9.91. The van der Waals surface area contributed by atoms with E-state index >= 15 is 0 Å². The third-order valence-electron chi connectivity index (χ3n) is 4.77. The lowest BCUT2D eigenvalue weighted by molar-refractivity contribution is 0.139. The van der Waals surface area contributed by atoms with E-state index in [1.165, 1.54) is 25.7 Å². The van der Waals surface area contributed by atoms with Crippen molar-refractivity contribution in [3.63, 3.8) is 0 Å². The monoisotopic (exact) mass is 290 g/mol. The average molecular weight is 290 g/mol. The second-order valence-electron chi connectivity index (χ2n) is 6.68. The van der Waals surface area contributed by atoms with Crippen molar-refractivity contribution in [3.05, 3.63) is 12.4 Å². The van der Waals surface area contributed by atoms with Gasteiger partial charge in [0.25, 0.3) is 0 Å². The highest BCUT2D eigenvalue weighted by Gasteiger charge is 2.38. The summed E-state index contributed by atoms with van der Waals surface area (Å²) < 4.78 is 5.61. The van der Waals surface area contributed by atoms with E-state index < -0.39 is 0 Å². The van der Waals surface area contributed by atoms with Crippen LogP contribution in [0.4, 0.5) is 5.82 Å². The minimum Gasteiger partial charge on any atom is -0.475 e. The highest BCUT2D eigenvalue weighted by molar-refractivity contribution is 5.37. The first-order valence-electron chi connectivity index (χ1n) is 8.06. The lowest BCUT2D eigenvalue weighted by Crippen LogP contribution is -2.41. The van der Waals surface area contributed by atoms with Gasteiger partial charge in [-0.25, -0.2) is 9.97 Å². The number of nitrogens with zero attached hydrogens (tertiary/aromatic N) is 3. The van der Waals surface area contributed by atoms with Crippen LogP contribution in [0.3, 0.4) is 0 Å². The fourth-order valence-electron chi connectivity index (χ4n) is 3.68. The summed E-state index contributed by atoms with van der Waals surface area (Å²) in [6.45, 7) is 5.01. The van der Waals surface area contributed by atoms with Gasteiger partial charge in [-0.3, -0.25) is 0 Å². The molecule has 2 fully saturated rings. The van der Waals surface area contributed by atoms with Gasteiger partial charge in [0.15, 0.2) is 0 Å². The molecule has 0 radical (unpaired) electrons. The molecule has 0 saturated carbocycles. The smallest absolute Gasteiger partial charge is 0.218 e. The fraction of sp³-hybridized carbons (Fsp3) is 0.750. The Hall–Kier alpha value is -1.36. The minimum atomic E-state index is 0.136. The maximum absolute atomic E-state index is 5.61. The van der Waals surface area contributed by atoms with Crippen LogP contribution in [0.15, 0.2) is 12.4 Å². The van der Waals surface area contributed by atoms with E-state index in [-0.39, 0.29) is 6.10 Å². The maximum atomic E-state index is 5.61. The molecule has 1 aromatic rings. The number of hydrogen-bond donors (Lipinski definition) is 1. The number of hydrogen-bond acceptors (Lipinski definition) is 5. The number of fused-ring (bicyclic) bond motifs is 2. The molecule has 21 heavy (non-hydrogen) atoms. The number of nitrogens with one attached hydrogen (secondary N) is 1. The molecular formula is C16H26N4O. The molecule has 2 aliphatic heterocycles. The first kappa shape index (κ1) is 14.6. The van der Waals surface area contributed by atoms with E-state index in [1.807, 2.05) is 19.9 Å². The van der Waals surface area contributed by atoms with Crippen molar-refractivity contribution in [3.8, 4) is 5.88 Å². The molecular weight excluding hydrogens is 264 g/mol. The molecule has 1 aromatic heterocycles. The van der Waals surface area contributed by atoms with Crippen LogP contribution in [0.1, 0.15) is 39.5 Å². The van der Waals surface area contributed by atoms with Gasteiger partial charge in [0.05, 0.1) is 6.10 Å². The third-order valence-corrected chi connectivity index (χ3v) is 4.77. The Bertz CT molecular complexity index is 465. The first-order valence-corrected chi connectivity index (χ1v) is 8.06. The molecule has 3 heterocycles. The fourth-order valence-corrected chi connectivity index (χ4v) is 3.68. The molecule has 2 saturated heterocycles. The second-order valence-corrected chi connectivity index (χ2v) is 6.68. The molecule has 0 aromatic carbocycles. The molecule has 2 atom stereocenters. The molecule has 2 bridgehead atoms. The average Bonchev–Trinajstić information content (AvgIpc) is 2.67. The standard InChI is InChI=1S/C16H26N4O/c1-11(2)21-16-8-15(18-10-19-16)17-9-12-6-13-4-5-14(7-12)20(13)3/h8,10-14H,4-7,9H2,1-3H3,(H,17,18,19). The quantitative estimate of drug-likeness (QED) is 0.903. The van der Waals surface area contributed by atoms with Gasteiger partial charge >= 0.3 is 0 Å². The van der Waals surface area contributed by atoms with Crippen molar-refractivity contribution in [2.75, 3.05) is 18.9 Å². The van der Waals surface area contributed by atoms with Crippen molar-refractivity contribution < 1.29 is 4.74 Å². The Morgan fingerprint density at radius 2 is 2.00 bits per heavy atom. The van der Waals surface area contributed by atoms with E-state index in [0.29, 0.717) is 5.88 Å². The Balaban J connectivity index is 1.53. The van der Waals surface area contributed by atoms with Gasteiger partial charge in [-0.15, -0.1) is 0 Å². The summed E-state index contributed by atoms with van der Waals surface area (Å²) in [5.41, 5.74) is 0. The molecule has 116 valence electrons. The number of anilines is 1. The zero-order valence-corrected chi connectivity index (χ0v) is 13.2. The van der Waals surface area contributed by atoms with Crippen LogP contribution in [0.2, 0.25) is 0 Å². The van der Waals surface area contributed by atoms with Gasteiger partial charge < -0.3 is 15.0 Å². The summed E-state index contributed by atoms with van der Waals surface area (Å²) in [5, 5.41) is 3.46. The highest BCUT2D eigenvalue weighted by atomic mass is 16.5. The summed E-state index contributed by atoms with van der Waals surface area (Å²) in [6.07, 6.45) is 7.06. The summed E-state index contributed by atoms with van der Waals surface area (Å²) in [7, 11) is 2.28. The van der Waals surface area contributed by atoms with E-state index in [9.17, 15) is 0 Å². The summed E-state index contributed by atoms with van der Waals surface area (Å²) >= 11 is 0. The van der Waals surface area contributed by atoms with Crippen LogP contribution >= 0.6 is 0 Å². The van der Waals surface area contributed by atoms with Gasteiger partial charge in [0.2, 0.25) is 5.88 Å². The van der Waals surface area contributed by atoms with E-state index in [2.05, 4.69) is 27.2 Å². The van der Waals surface area contributed by atoms with E-state index in [1.54, 1.807) is 6.33 Å². The SMILES string of the molecule is CC(C)Oc1cc(NCC2CC3CCC(C2)N3C)ncn1. The van der Waals surface area contributed by atoms with Gasteiger partial charge in [-0.2, -0.15) is 0 Å². The summed E-state index contributed by atoms with van der Waals surface area (Å²) in [6, 6.07) is 3.48. The van der Waals surface area contributed by atoms with Crippen LogP contribution in [0.5, 0.6) is 5.88 Å². The van der Waals surface area contributed by atoms with E-state index in [0.717, 1.165) is 30.4 Å². The lowest BCUT2D eigenvalue weighted by Gasteiger charge is -2.36. The predicted molar refractivity (Wildman–Crippen MR) is 83.6 cm³/mol. The van der Waals surface area contributed by atoms with Crippen LogP contribution in [-0.2, 0) is 0 Å². The topological polar surface area (TPSA) is 50.3 Å². The van der Waals surface area contributed by atoms with Crippen molar-refractivity contribution in [2.45, 2.75) is 57.7 Å². The van der Waals surface area contributed by atoms with Gasteiger partial charge in [0.1, 0.15) is 12.1 Å². The van der Waals surface area contributed by atoms with Gasteiger partial charge in [-0.1, -0.05) is 0 Å². The van der Waals surface area contributed by atoms with Crippen LogP contribution in [-0.4, -0.2) is 46.6 Å². The van der Waals surface area contributed by atoms with Gasteiger partial charge in [0, 0.05) is 24.7 Å². The second kappa shape index (κ2) is 6.18. The summed E-state index contributed by atoms with van der Waals surface area (Å²) in [4.78, 5) is 11.0. The Kier molecular flexibility index (Phi) is 4.29. The zero-order chi connectivity index (χ0) is 14.8. The molecule has 2 aliphatic rings. The number of aromatic nitrogens is 2. The Morgan fingerprint density at radius 3 is 2.67 bits per heavy atom. The number of ether oxygens (including phenoxy) is 1. The van der Waals surface area contributed by atoms with E-state index in [4.69, 9.17) is 4.74 Å². The van der Waals surface area contributed by atoms with Crippen molar-refractivity contribution in [2.24, 2.45) is 5.92 Å². The van der Waals surface area contributed by atoms with Crippen molar-refractivity contribution >= 4 is 5.82 Å². The van der Waals surface area contributed by atoms with Gasteiger partial charge in [-0.05, 0) is 52.5 Å². The Morgan fingerprint density at radius 1 is 1.29 bits per heavy atom. The molecule has 2 unspecified atom stereocenters. The normalized spacial score (nSPS) is 28.9. The predicted octanol–water partition coefficient (Wildman–Crippen LogP) is 2.55. The van der Waals surface area contributed by atoms with Crippen molar-refractivity contribution in [1.82, 2.24) is 14.9 Å². The highest BCUT2D eigenvalue weighted by Crippen LogP contribution is 2.37. The van der Waals surface area contributed by atoms with Crippen LogP contribution in [0.25, 0.3) is 0 Å². The van der Waals surface area contributed by atoms with Crippen LogP contribution < -0.4 is 10.1 Å². The van der Waals surface area contributed by atoms with Crippen LogP contribution in [0, 0.1) is 5.92 Å². The molecule has 5 heteroatoms. The number of rotatable bonds is 5. The molecule has 0 aliphatic carbocycles. The zero-order valence-electron chi connectivity index (χ0n) is 13.2. The maximum Gasteiger partial charge on any atom is 0.218 e. The van der Waals surface area contributed by atoms with Crippen molar-refractivity contribution in [1.29, 1.82) is 0 Å². The number of piperidine rings is 1.